The second-order valence-electron chi connectivity index (χ2n) is 6.24. The average molecular weight is 323 g/mol. The summed E-state index contributed by atoms with van der Waals surface area (Å²) in [6.45, 7) is 0. The molecule has 0 amide bonds. The molecule has 0 radical (unpaired) electrons. The summed E-state index contributed by atoms with van der Waals surface area (Å²) in [4.78, 5) is 23.6. The molecule has 0 saturated heterocycles. The predicted octanol–water partition coefficient (Wildman–Crippen LogP) is 4.30. The van der Waals surface area contributed by atoms with Crippen LogP contribution in [0.25, 0.3) is 0 Å². The van der Waals surface area contributed by atoms with E-state index in [1.54, 1.807) is 18.2 Å². The first kappa shape index (κ1) is 16.2. The van der Waals surface area contributed by atoms with E-state index in [9.17, 15) is 9.59 Å². The number of Topliss-reactive ketones (excluding diaryl/α,β-unsaturated/α-hetero) is 1. The molecule has 124 valence electrons. The summed E-state index contributed by atoms with van der Waals surface area (Å²) in [6, 6.07) is 16.5. The predicted molar refractivity (Wildman–Crippen MR) is 93.2 cm³/mol. The number of hydrogen-bond acceptors (Lipinski definition) is 3. The lowest BCUT2D eigenvalue weighted by Crippen LogP contribution is -2.30. The molecule has 2 unspecified atom stereocenters. The second kappa shape index (κ2) is 7.30. The number of benzene rings is 2. The van der Waals surface area contributed by atoms with Gasteiger partial charge >= 0.3 is 5.97 Å². The Balaban J connectivity index is 1.91. The number of carbonyl (C=O) groups is 2. The number of aromatic carboxylic acids is 1. The summed E-state index contributed by atoms with van der Waals surface area (Å²) in [6.07, 6.45) is 3.51. The van der Waals surface area contributed by atoms with Gasteiger partial charge in [-0.05, 0) is 36.6 Å². The normalized spacial score (nSPS) is 18.8. The molecule has 1 aliphatic carbocycles. The van der Waals surface area contributed by atoms with Crippen LogP contribution in [0.5, 0.6) is 0 Å². The molecule has 0 spiro atoms. The van der Waals surface area contributed by atoms with Crippen molar-refractivity contribution < 1.29 is 14.7 Å². The lowest BCUT2D eigenvalue weighted by Gasteiger charge is -2.31. The Hall–Kier alpha value is -2.62. The minimum Gasteiger partial charge on any atom is -0.478 e. The van der Waals surface area contributed by atoms with Crippen molar-refractivity contribution in [2.75, 3.05) is 5.32 Å². The topological polar surface area (TPSA) is 66.4 Å². The Labute approximate surface area is 141 Å². The summed E-state index contributed by atoms with van der Waals surface area (Å²) in [5.74, 6) is -0.740. The lowest BCUT2D eigenvalue weighted by atomic mass is 9.80. The summed E-state index contributed by atoms with van der Waals surface area (Å²) in [5, 5.41) is 12.6. The van der Waals surface area contributed by atoms with Gasteiger partial charge in [0, 0.05) is 18.0 Å². The minimum absolute atomic E-state index is 0.0744. The van der Waals surface area contributed by atoms with Gasteiger partial charge in [-0.3, -0.25) is 4.79 Å². The number of carboxylic acid groups (broad SMARTS) is 1. The first-order valence-electron chi connectivity index (χ1n) is 8.33. The van der Waals surface area contributed by atoms with Gasteiger partial charge in [0.2, 0.25) is 0 Å². The van der Waals surface area contributed by atoms with Crippen LogP contribution in [0.4, 0.5) is 5.69 Å². The van der Waals surface area contributed by atoms with E-state index in [2.05, 4.69) is 5.32 Å². The number of nitrogens with one attached hydrogen (secondary N) is 1. The van der Waals surface area contributed by atoms with Gasteiger partial charge in [-0.15, -0.1) is 0 Å². The highest BCUT2D eigenvalue weighted by atomic mass is 16.4. The number of carbonyl (C=O) groups excluding carboxylic acids is 1. The standard InChI is InChI=1S/C20H21NO3/c22-18-12-5-4-11-17(18)19(14-7-2-1-3-8-14)21-16-10-6-9-15(13-16)20(23)24/h1-3,6-10,13,17,19,21H,4-5,11-12H2,(H,23,24). The van der Waals surface area contributed by atoms with Gasteiger partial charge in [-0.25, -0.2) is 4.79 Å². The van der Waals surface area contributed by atoms with Gasteiger partial charge in [0.25, 0.3) is 0 Å². The largest absolute Gasteiger partial charge is 0.478 e. The minimum atomic E-state index is -0.955. The van der Waals surface area contributed by atoms with Crippen molar-refractivity contribution in [1.82, 2.24) is 0 Å². The van der Waals surface area contributed by atoms with E-state index >= 15 is 0 Å². The molecule has 0 heterocycles. The van der Waals surface area contributed by atoms with Crippen molar-refractivity contribution in [2.45, 2.75) is 31.7 Å². The van der Waals surface area contributed by atoms with E-state index in [1.165, 1.54) is 0 Å². The maximum Gasteiger partial charge on any atom is 0.335 e. The molecule has 0 aromatic heterocycles. The van der Waals surface area contributed by atoms with Crippen molar-refractivity contribution >= 4 is 17.4 Å². The van der Waals surface area contributed by atoms with Crippen molar-refractivity contribution in [2.24, 2.45) is 5.92 Å². The number of carboxylic acids is 1. The van der Waals surface area contributed by atoms with E-state index in [4.69, 9.17) is 5.11 Å². The van der Waals surface area contributed by atoms with Crippen LogP contribution in [-0.2, 0) is 4.79 Å². The van der Waals surface area contributed by atoms with Crippen LogP contribution >= 0.6 is 0 Å². The quantitative estimate of drug-likeness (QED) is 0.861. The monoisotopic (exact) mass is 323 g/mol. The smallest absolute Gasteiger partial charge is 0.335 e. The zero-order valence-corrected chi connectivity index (χ0v) is 13.4. The zero-order chi connectivity index (χ0) is 16.9. The van der Waals surface area contributed by atoms with Crippen LogP contribution in [0.1, 0.15) is 47.6 Å². The number of ketones is 1. The Morgan fingerprint density at radius 2 is 1.88 bits per heavy atom. The molecule has 4 nitrogen and oxygen atoms in total. The van der Waals surface area contributed by atoms with Gasteiger partial charge in [0.05, 0.1) is 11.6 Å². The molecule has 4 heteroatoms. The number of anilines is 1. The van der Waals surface area contributed by atoms with Gasteiger partial charge in [0.1, 0.15) is 5.78 Å². The van der Waals surface area contributed by atoms with Crippen LogP contribution in [0, 0.1) is 5.92 Å². The third-order valence-electron chi connectivity index (χ3n) is 4.59. The van der Waals surface area contributed by atoms with E-state index in [0.717, 1.165) is 30.5 Å². The summed E-state index contributed by atoms with van der Waals surface area (Å²) in [7, 11) is 0. The highest BCUT2D eigenvalue weighted by Crippen LogP contribution is 2.34. The molecule has 1 aliphatic rings. The molecular formula is C20H21NO3. The maximum absolute atomic E-state index is 12.4. The summed E-state index contributed by atoms with van der Waals surface area (Å²) >= 11 is 0. The second-order valence-corrected chi connectivity index (χ2v) is 6.24. The van der Waals surface area contributed by atoms with Crippen LogP contribution < -0.4 is 5.32 Å². The van der Waals surface area contributed by atoms with Crippen LogP contribution in [0.2, 0.25) is 0 Å². The van der Waals surface area contributed by atoms with Crippen molar-refractivity contribution in [3.05, 3.63) is 65.7 Å². The highest BCUT2D eigenvalue weighted by Gasteiger charge is 2.31. The molecule has 24 heavy (non-hydrogen) atoms. The van der Waals surface area contributed by atoms with E-state index in [-0.39, 0.29) is 23.3 Å². The Morgan fingerprint density at radius 1 is 1.08 bits per heavy atom. The Bertz CT molecular complexity index is 727. The van der Waals surface area contributed by atoms with Gasteiger partial charge in [-0.2, -0.15) is 0 Å². The number of rotatable bonds is 5. The fraction of sp³-hybridized carbons (Fsp3) is 0.300. The first-order valence-corrected chi connectivity index (χ1v) is 8.33. The van der Waals surface area contributed by atoms with Crippen LogP contribution in [-0.4, -0.2) is 16.9 Å². The highest BCUT2D eigenvalue weighted by molar-refractivity contribution is 5.89. The molecule has 1 saturated carbocycles. The molecule has 2 atom stereocenters. The average Bonchev–Trinajstić information content (AvgIpc) is 2.61. The van der Waals surface area contributed by atoms with Gasteiger partial charge < -0.3 is 10.4 Å². The zero-order valence-electron chi connectivity index (χ0n) is 13.4. The van der Waals surface area contributed by atoms with Gasteiger partial charge in [-0.1, -0.05) is 42.8 Å². The maximum atomic E-state index is 12.4. The molecular weight excluding hydrogens is 302 g/mol. The molecule has 1 fully saturated rings. The summed E-state index contributed by atoms with van der Waals surface area (Å²) in [5.41, 5.74) is 2.02. The van der Waals surface area contributed by atoms with Crippen molar-refractivity contribution in [3.63, 3.8) is 0 Å². The molecule has 2 aromatic carbocycles. The third-order valence-corrected chi connectivity index (χ3v) is 4.59. The van der Waals surface area contributed by atoms with E-state index < -0.39 is 5.97 Å². The SMILES string of the molecule is O=C(O)c1cccc(NC(c2ccccc2)C2CCCCC2=O)c1. The van der Waals surface area contributed by atoms with E-state index in [0.29, 0.717) is 6.42 Å². The molecule has 2 aromatic rings. The fourth-order valence-corrected chi connectivity index (χ4v) is 3.36. The van der Waals surface area contributed by atoms with Crippen LogP contribution in [0.15, 0.2) is 54.6 Å². The van der Waals surface area contributed by atoms with Crippen molar-refractivity contribution in [3.8, 4) is 0 Å². The first-order chi connectivity index (χ1) is 11.6. The molecule has 3 rings (SSSR count). The third kappa shape index (κ3) is 3.65. The van der Waals surface area contributed by atoms with Gasteiger partial charge in [0.15, 0.2) is 0 Å². The molecule has 0 aliphatic heterocycles. The fourth-order valence-electron chi connectivity index (χ4n) is 3.36. The Kier molecular flexibility index (Phi) is 4.94. The summed E-state index contributed by atoms with van der Waals surface area (Å²) < 4.78 is 0. The Morgan fingerprint density at radius 3 is 2.58 bits per heavy atom. The molecule has 2 N–H and O–H groups in total. The van der Waals surface area contributed by atoms with Crippen molar-refractivity contribution in [1.29, 1.82) is 0 Å². The lowest BCUT2D eigenvalue weighted by molar-refractivity contribution is -0.125. The van der Waals surface area contributed by atoms with E-state index in [1.807, 2.05) is 36.4 Å². The molecule has 0 bridgehead atoms. The number of hydrogen-bond donors (Lipinski definition) is 2. The van der Waals surface area contributed by atoms with Crippen LogP contribution in [0.3, 0.4) is 0 Å².